The van der Waals surface area contributed by atoms with Gasteiger partial charge in [-0.3, -0.25) is 9.80 Å². The molecule has 0 radical (unpaired) electrons. The largest absolute Gasteiger partial charge is 0.377 e. The summed E-state index contributed by atoms with van der Waals surface area (Å²) in [7, 11) is 0. The van der Waals surface area contributed by atoms with E-state index in [1.54, 1.807) is 11.3 Å². The number of hydrogen-bond acceptors (Lipinski definition) is 5. The van der Waals surface area contributed by atoms with Gasteiger partial charge in [-0.25, -0.2) is 4.98 Å². The van der Waals surface area contributed by atoms with Gasteiger partial charge in [-0.05, 0) is 12.8 Å². The van der Waals surface area contributed by atoms with Gasteiger partial charge in [0.2, 0.25) is 0 Å². The Morgan fingerprint density at radius 3 is 2.62 bits per heavy atom. The molecule has 0 bridgehead atoms. The molecule has 1 aromatic heterocycles. The summed E-state index contributed by atoms with van der Waals surface area (Å²) in [6.45, 7) is 7.61. The van der Waals surface area contributed by atoms with Crippen LogP contribution in [0.25, 0.3) is 11.3 Å². The summed E-state index contributed by atoms with van der Waals surface area (Å²) in [6.07, 6.45) is 2.95. The van der Waals surface area contributed by atoms with E-state index in [0.29, 0.717) is 6.10 Å². The van der Waals surface area contributed by atoms with Crippen LogP contribution in [0.4, 0.5) is 0 Å². The SMILES string of the molecule is c1ccc(-c2csc(CN3CCN(CC4CCCO4)CC3)n2)cc1. The molecule has 5 heteroatoms. The first-order valence-electron chi connectivity index (χ1n) is 8.93. The van der Waals surface area contributed by atoms with Gasteiger partial charge in [0.05, 0.1) is 18.3 Å². The molecule has 0 N–H and O–H groups in total. The highest BCUT2D eigenvalue weighted by Crippen LogP contribution is 2.23. The highest BCUT2D eigenvalue weighted by molar-refractivity contribution is 7.09. The second kappa shape index (κ2) is 7.74. The zero-order chi connectivity index (χ0) is 16.2. The molecule has 0 amide bonds. The molecule has 2 aliphatic rings. The summed E-state index contributed by atoms with van der Waals surface area (Å²) in [4.78, 5) is 9.91. The van der Waals surface area contributed by atoms with Crippen molar-refractivity contribution in [3.8, 4) is 11.3 Å². The fraction of sp³-hybridized carbons (Fsp3) is 0.526. The van der Waals surface area contributed by atoms with Gasteiger partial charge in [0.1, 0.15) is 5.01 Å². The molecule has 128 valence electrons. The van der Waals surface area contributed by atoms with Gasteiger partial charge in [-0.15, -0.1) is 11.3 Å². The topological polar surface area (TPSA) is 28.6 Å². The first-order chi connectivity index (χ1) is 11.9. The molecule has 1 aromatic carbocycles. The number of hydrogen-bond donors (Lipinski definition) is 0. The van der Waals surface area contributed by atoms with Gasteiger partial charge in [0, 0.05) is 50.3 Å². The van der Waals surface area contributed by atoms with Crippen LogP contribution in [-0.4, -0.2) is 60.2 Å². The Hall–Kier alpha value is -1.27. The number of rotatable bonds is 5. The van der Waals surface area contributed by atoms with Gasteiger partial charge in [0.15, 0.2) is 0 Å². The second-order valence-electron chi connectivity index (χ2n) is 6.70. The Balaban J connectivity index is 1.27. The minimum Gasteiger partial charge on any atom is -0.377 e. The lowest BCUT2D eigenvalue weighted by Crippen LogP contribution is -2.48. The maximum absolute atomic E-state index is 5.76. The lowest BCUT2D eigenvalue weighted by Gasteiger charge is -2.35. The number of thiazole rings is 1. The molecule has 2 fully saturated rings. The minimum absolute atomic E-state index is 0.476. The normalized spacial score (nSPS) is 22.9. The van der Waals surface area contributed by atoms with Crippen LogP contribution in [0.3, 0.4) is 0 Å². The third-order valence-electron chi connectivity index (χ3n) is 4.93. The zero-order valence-electron chi connectivity index (χ0n) is 14.1. The number of nitrogens with zero attached hydrogens (tertiary/aromatic N) is 3. The van der Waals surface area contributed by atoms with Crippen LogP contribution in [0.5, 0.6) is 0 Å². The van der Waals surface area contributed by atoms with Crippen LogP contribution in [0, 0.1) is 0 Å². The molecule has 2 aromatic rings. The maximum Gasteiger partial charge on any atom is 0.107 e. The predicted molar refractivity (Wildman–Crippen MR) is 98.2 cm³/mol. The van der Waals surface area contributed by atoms with E-state index in [4.69, 9.17) is 9.72 Å². The van der Waals surface area contributed by atoms with Crippen molar-refractivity contribution in [2.75, 3.05) is 39.3 Å². The van der Waals surface area contributed by atoms with Gasteiger partial charge in [-0.1, -0.05) is 30.3 Å². The van der Waals surface area contributed by atoms with E-state index in [2.05, 4.69) is 39.4 Å². The summed E-state index contributed by atoms with van der Waals surface area (Å²) in [6, 6.07) is 10.4. The van der Waals surface area contributed by atoms with Gasteiger partial charge in [-0.2, -0.15) is 0 Å². The maximum atomic E-state index is 5.76. The molecule has 24 heavy (non-hydrogen) atoms. The van der Waals surface area contributed by atoms with E-state index in [-0.39, 0.29) is 0 Å². The van der Waals surface area contributed by atoms with E-state index in [0.717, 1.165) is 51.6 Å². The number of benzene rings is 1. The molecule has 3 heterocycles. The second-order valence-corrected chi connectivity index (χ2v) is 7.65. The summed E-state index contributed by atoms with van der Waals surface area (Å²) in [5.41, 5.74) is 2.31. The van der Waals surface area contributed by atoms with Crippen molar-refractivity contribution in [1.82, 2.24) is 14.8 Å². The van der Waals surface area contributed by atoms with Crippen LogP contribution < -0.4 is 0 Å². The molecule has 0 spiro atoms. The van der Waals surface area contributed by atoms with Crippen molar-refractivity contribution in [3.05, 3.63) is 40.7 Å². The van der Waals surface area contributed by atoms with Crippen molar-refractivity contribution >= 4 is 11.3 Å². The van der Waals surface area contributed by atoms with Gasteiger partial charge >= 0.3 is 0 Å². The third-order valence-corrected chi connectivity index (χ3v) is 5.76. The summed E-state index contributed by atoms with van der Waals surface area (Å²) < 4.78 is 5.76. The van der Waals surface area contributed by atoms with E-state index < -0.39 is 0 Å². The van der Waals surface area contributed by atoms with Crippen LogP contribution in [0.2, 0.25) is 0 Å². The third kappa shape index (κ3) is 4.03. The van der Waals surface area contributed by atoms with E-state index >= 15 is 0 Å². The number of aromatic nitrogens is 1. The monoisotopic (exact) mass is 343 g/mol. The van der Waals surface area contributed by atoms with E-state index in [1.807, 2.05) is 6.07 Å². The standard InChI is InChI=1S/C19H25N3OS/c1-2-5-16(6-3-1)18-15-24-19(20-18)14-22-10-8-21(9-11-22)13-17-7-4-12-23-17/h1-3,5-6,15,17H,4,7-14H2. The molecule has 2 aliphatic heterocycles. The zero-order valence-corrected chi connectivity index (χ0v) is 14.9. The molecule has 4 rings (SSSR count). The van der Waals surface area contributed by atoms with Crippen LogP contribution in [0.1, 0.15) is 17.8 Å². The molecule has 1 atom stereocenters. The van der Waals surface area contributed by atoms with Crippen LogP contribution in [0.15, 0.2) is 35.7 Å². The lowest BCUT2D eigenvalue weighted by molar-refractivity contribution is 0.0489. The molecule has 0 aliphatic carbocycles. The molecular formula is C19H25N3OS. The van der Waals surface area contributed by atoms with Crippen molar-refractivity contribution in [1.29, 1.82) is 0 Å². The molecule has 0 saturated carbocycles. The predicted octanol–water partition coefficient (Wildman–Crippen LogP) is 3.11. The Bertz CT molecular complexity index is 631. The van der Waals surface area contributed by atoms with Crippen LogP contribution >= 0.6 is 11.3 Å². The van der Waals surface area contributed by atoms with Crippen molar-refractivity contribution < 1.29 is 4.74 Å². The Morgan fingerprint density at radius 2 is 1.88 bits per heavy atom. The lowest BCUT2D eigenvalue weighted by atomic mass is 10.2. The molecular weight excluding hydrogens is 318 g/mol. The van der Waals surface area contributed by atoms with Crippen molar-refractivity contribution in [3.63, 3.8) is 0 Å². The highest BCUT2D eigenvalue weighted by atomic mass is 32.1. The smallest absolute Gasteiger partial charge is 0.107 e. The fourth-order valence-corrected chi connectivity index (χ4v) is 4.37. The molecule has 2 saturated heterocycles. The summed E-state index contributed by atoms with van der Waals surface area (Å²) in [5.74, 6) is 0. The van der Waals surface area contributed by atoms with Crippen LogP contribution in [-0.2, 0) is 11.3 Å². The van der Waals surface area contributed by atoms with Crippen molar-refractivity contribution in [2.45, 2.75) is 25.5 Å². The Kier molecular flexibility index (Phi) is 5.23. The quantitative estimate of drug-likeness (QED) is 0.834. The van der Waals surface area contributed by atoms with E-state index in [9.17, 15) is 0 Å². The fourth-order valence-electron chi connectivity index (χ4n) is 3.52. The number of ether oxygens (including phenoxy) is 1. The Morgan fingerprint density at radius 1 is 1.08 bits per heavy atom. The van der Waals surface area contributed by atoms with Gasteiger partial charge in [0.25, 0.3) is 0 Å². The average molecular weight is 343 g/mol. The number of piperazine rings is 1. The first-order valence-corrected chi connectivity index (χ1v) is 9.81. The molecule has 4 nitrogen and oxygen atoms in total. The van der Waals surface area contributed by atoms with E-state index in [1.165, 1.54) is 23.4 Å². The van der Waals surface area contributed by atoms with Gasteiger partial charge < -0.3 is 4.74 Å². The molecule has 1 unspecified atom stereocenters. The van der Waals surface area contributed by atoms with Crippen molar-refractivity contribution in [2.24, 2.45) is 0 Å². The first kappa shape index (κ1) is 16.2. The summed E-state index contributed by atoms with van der Waals surface area (Å²) >= 11 is 1.78. The average Bonchev–Trinajstić information content (AvgIpc) is 3.29. The Labute approximate surface area is 148 Å². The highest BCUT2D eigenvalue weighted by Gasteiger charge is 2.23. The minimum atomic E-state index is 0.476. The summed E-state index contributed by atoms with van der Waals surface area (Å²) in [5, 5.41) is 3.40.